The lowest BCUT2D eigenvalue weighted by atomic mass is 9.67. The van der Waals surface area contributed by atoms with E-state index in [0.717, 1.165) is 39.8 Å². The third-order valence-electron chi connectivity index (χ3n) is 29.1. The molecule has 0 radical (unpaired) electrons. The van der Waals surface area contributed by atoms with Crippen molar-refractivity contribution < 1.29 is 8.42 Å². The molecule has 1 unspecified atom stereocenters. The summed E-state index contributed by atoms with van der Waals surface area (Å²) < 4.78 is 25.2. The highest BCUT2D eigenvalue weighted by Gasteiger charge is 2.47. The monoisotopic (exact) mass is 1730 g/mol. The predicted molar refractivity (Wildman–Crippen MR) is 563 cm³/mol. The lowest BCUT2D eigenvalue weighted by Gasteiger charge is -2.34. The van der Waals surface area contributed by atoms with Gasteiger partial charge in [0, 0.05) is 16.5 Å². The fraction of sp³-hybridized carbons (Fsp3) is 0.276. The zero-order valence-corrected chi connectivity index (χ0v) is 84.5. The van der Waals surface area contributed by atoms with Gasteiger partial charge in [0.2, 0.25) is 9.84 Å². The second kappa shape index (κ2) is 40.2. The maximum absolute atomic E-state index is 12.6. The van der Waals surface area contributed by atoms with Crippen LogP contribution in [0.5, 0.6) is 0 Å². The molecule has 0 spiro atoms. The highest BCUT2D eigenvalue weighted by atomic mass is 32.2. The summed E-state index contributed by atoms with van der Waals surface area (Å²) in [5.41, 5.74) is 53.9. The van der Waals surface area contributed by atoms with E-state index in [1.165, 1.54) is 217 Å². The van der Waals surface area contributed by atoms with Crippen LogP contribution in [-0.4, -0.2) is 8.42 Å². The Morgan fingerprint density at radius 2 is 0.523 bits per heavy atom. The molecule has 0 saturated heterocycles. The van der Waals surface area contributed by atoms with E-state index in [9.17, 15) is 8.42 Å². The number of benzene rings is 16. The minimum absolute atomic E-state index is 0.147. The summed E-state index contributed by atoms with van der Waals surface area (Å²) in [7, 11) is -3.34. The SMILES string of the molecule is CC.Cc1c(C)c(C)c(C)c(C)c1C.Cc1c(C)c(C)c(C)c(C)c1C.Cc1cc2c(cc1C)S(=O)(=O)c1cc(C)c(C)cc1-2.Cc1ccc(C2(C)CC(C)(C)c3ccccc32)cc1.Cc1ccc(C2(c3ccc(C)cc3)c3ccccc3-c3ccccc32)cc1.Cc1ccc2c(c1)Cc1cc(C)ccc1-2.Cc1ccc2cc(C)ccc2c1.Cc1cccc2cccc(C)c12. The van der Waals surface area contributed by atoms with Crippen LogP contribution >= 0.6 is 0 Å². The Labute approximate surface area is 782 Å². The molecule has 0 amide bonds. The number of hydrogen-bond donors (Lipinski definition) is 0. The van der Waals surface area contributed by atoms with Gasteiger partial charge in [-0.15, -0.1) is 0 Å². The van der Waals surface area contributed by atoms with Gasteiger partial charge in [-0.1, -0.05) is 328 Å². The van der Waals surface area contributed by atoms with Crippen molar-refractivity contribution in [2.75, 3.05) is 0 Å². The summed E-state index contributed by atoms with van der Waals surface area (Å²) in [6.45, 7) is 65.0. The van der Waals surface area contributed by atoms with Crippen molar-refractivity contribution in [1.82, 2.24) is 0 Å². The van der Waals surface area contributed by atoms with Crippen LogP contribution in [0.3, 0.4) is 0 Å². The minimum Gasteiger partial charge on any atom is -0.218 e. The molecule has 16 aromatic carbocycles. The Balaban J connectivity index is 0.000000137. The van der Waals surface area contributed by atoms with E-state index in [1.807, 2.05) is 53.7 Å². The van der Waals surface area contributed by atoms with Crippen molar-refractivity contribution >= 4 is 31.4 Å². The molecule has 16 aromatic rings. The zero-order chi connectivity index (χ0) is 94.5. The predicted octanol–water partition coefficient (Wildman–Crippen LogP) is 34.3. The van der Waals surface area contributed by atoms with Gasteiger partial charge in [0.25, 0.3) is 0 Å². The first-order chi connectivity index (χ1) is 61.7. The molecule has 0 bridgehead atoms. The Kier molecular flexibility index (Phi) is 30.0. The van der Waals surface area contributed by atoms with E-state index in [2.05, 4.69) is 421 Å². The topological polar surface area (TPSA) is 34.1 Å². The van der Waals surface area contributed by atoms with Crippen LogP contribution in [0.1, 0.15) is 230 Å². The molecule has 1 aliphatic heterocycles. The molecule has 666 valence electrons. The summed E-state index contributed by atoms with van der Waals surface area (Å²) in [6, 6.07) is 101. The summed E-state index contributed by atoms with van der Waals surface area (Å²) in [5.74, 6) is 0. The van der Waals surface area contributed by atoms with E-state index in [4.69, 9.17) is 0 Å². The quantitative estimate of drug-likeness (QED) is 0.177. The van der Waals surface area contributed by atoms with E-state index >= 15 is 0 Å². The number of aryl methyl sites for hydroxylation is 13. The van der Waals surface area contributed by atoms with Crippen LogP contribution in [0.4, 0.5) is 0 Å². The molecule has 1 heterocycles. The third kappa shape index (κ3) is 19.7. The van der Waals surface area contributed by atoms with Crippen LogP contribution < -0.4 is 0 Å². The molecule has 4 aliphatic rings. The molecule has 0 aromatic heterocycles. The van der Waals surface area contributed by atoms with Crippen molar-refractivity contribution in [1.29, 1.82) is 0 Å². The van der Waals surface area contributed by atoms with Crippen molar-refractivity contribution in [2.45, 2.75) is 247 Å². The van der Waals surface area contributed by atoms with Crippen molar-refractivity contribution in [3.05, 3.63) is 468 Å². The summed E-state index contributed by atoms with van der Waals surface area (Å²) in [6.07, 6.45) is 2.29. The van der Waals surface area contributed by atoms with Crippen molar-refractivity contribution in [2.24, 2.45) is 0 Å². The maximum Gasteiger partial charge on any atom is 0.207 e. The van der Waals surface area contributed by atoms with E-state index < -0.39 is 9.84 Å². The van der Waals surface area contributed by atoms with Crippen molar-refractivity contribution in [3.8, 4) is 33.4 Å². The van der Waals surface area contributed by atoms with Crippen LogP contribution in [0.25, 0.3) is 54.9 Å². The van der Waals surface area contributed by atoms with Gasteiger partial charge in [0.1, 0.15) is 0 Å². The lowest BCUT2D eigenvalue weighted by Crippen LogP contribution is -2.28. The van der Waals surface area contributed by atoms with Crippen LogP contribution in [-0.2, 0) is 32.5 Å². The number of hydrogen-bond acceptors (Lipinski definition) is 2. The minimum atomic E-state index is -3.34. The van der Waals surface area contributed by atoms with Crippen LogP contribution in [0.15, 0.2) is 289 Å². The second-order valence-electron chi connectivity index (χ2n) is 38.3. The van der Waals surface area contributed by atoms with Gasteiger partial charge in [-0.2, -0.15) is 0 Å². The Morgan fingerprint density at radius 3 is 0.869 bits per heavy atom. The largest absolute Gasteiger partial charge is 0.218 e. The third-order valence-corrected chi connectivity index (χ3v) is 31.0. The van der Waals surface area contributed by atoms with Crippen molar-refractivity contribution in [3.63, 3.8) is 0 Å². The fourth-order valence-electron chi connectivity index (χ4n) is 20.1. The Hall–Kier alpha value is -12.0. The van der Waals surface area contributed by atoms with E-state index in [-0.39, 0.29) is 16.2 Å². The molecule has 0 fully saturated rings. The second-order valence-corrected chi connectivity index (χ2v) is 40.2. The van der Waals surface area contributed by atoms with Gasteiger partial charge in [-0.25, -0.2) is 8.42 Å². The highest BCUT2D eigenvalue weighted by Crippen LogP contribution is 2.57. The van der Waals surface area contributed by atoms with Gasteiger partial charge in [0.15, 0.2) is 0 Å². The maximum atomic E-state index is 12.6. The standard InChI is InChI=1S/C27H22.C19H22.C16H16O2S.C15H14.2C12H12.2C12H18.C2H6/c1-19-11-15-21(16-12-19)27(22-17-13-20(2)14-18-22)25-9-5-3-7-23(25)24-8-4-6-10-26(24)27;1-14-9-11-15(12-10-14)19(4)13-18(2,3)16-7-5-6-8-17(16)19;1-9-5-13-14-6-10(2)12(4)8-16(14)19(17,18)15(13)7-11(9)3;1-10-3-5-14-12(7-10)9-13-8-11(2)4-6-15(13)14;1-9-3-5-12-8-10(2)4-6-11(12)7-9;1-9-5-3-7-11-8-4-6-10(2)12(9)11;2*1-7-8(2)10(4)12(6)11(5)9(7)3;1-2/h3-18H,1-2H3;5-12H,13H2,1-4H3;5-8H,1-4H3;3-8H,9H2,1-2H3;2*3-8H,1-2H3;2*1-6H3;1-2H3. The number of sulfone groups is 1. The average molecular weight is 1730 g/mol. The summed E-state index contributed by atoms with van der Waals surface area (Å²) in [4.78, 5) is 0.909. The number of fused-ring (bicyclic) bond motifs is 12. The van der Waals surface area contributed by atoms with Gasteiger partial charge < -0.3 is 0 Å². The molecule has 3 aliphatic carbocycles. The first kappa shape index (κ1) is 97.1. The van der Waals surface area contributed by atoms with E-state index in [0.29, 0.717) is 9.79 Å². The molecule has 0 N–H and O–H groups in total. The van der Waals surface area contributed by atoms with Gasteiger partial charge >= 0.3 is 0 Å². The first-order valence-electron chi connectivity index (χ1n) is 46.9. The molecular formula is C127H140O2S. The zero-order valence-electron chi connectivity index (χ0n) is 83.7. The molecule has 130 heavy (non-hydrogen) atoms. The molecule has 1 atom stereocenters. The highest BCUT2D eigenvalue weighted by molar-refractivity contribution is 7.92. The summed E-state index contributed by atoms with van der Waals surface area (Å²) >= 11 is 0. The molecule has 3 heteroatoms. The number of rotatable bonds is 3. The molecule has 20 rings (SSSR count). The van der Waals surface area contributed by atoms with Gasteiger partial charge in [-0.3, -0.25) is 0 Å². The fourth-order valence-corrected chi connectivity index (χ4v) is 21.9. The first-order valence-corrected chi connectivity index (χ1v) is 48.3. The van der Waals surface area contributed by atoms with Gasteiger partial charge in [0.05, 0.1) is 15.2 Å². The smallest absolute Gasteiger partial charge is 0.207 e. The normalized spacial score (nSPS) is 14.0. The lowest BCUT2D eigenvalue weighted by molar-refractivity contribution is 0.425. The van der Waals surface area contributed by atoms with Crippen LogP contribution in [0.2, 0.25) is 0 Å². The average Bonchev–Trinajstić information content (AvgIpc) is 1.53. The Morgan fingerprint density at radius 1 is 0.231 bits per heavy atom. The Bertz CT molecular complexity index is 6440. The molecular weight excluding hydrogens is 1590 g/mol. The molecule has 2 nitrogen and oxygen atoms in total. The van der Waals surface area contributed by atoms with Gasteiger partial charge in [-0.05, 0) is 410 Å². The van der Waals surface area contributed by atoms with E-state index in [1.54, 1.807) is 12.1 Å². The molecule has 0 saturated carbocycles. The van der Waals surface area contributed by atoms with Crippen LogP contribution in [0, 0.1) is 173 Å². The summed E-state index contributed by atoms with van der Waals surface area (Å²) in [5, 5.41) is 5.41.